The van der Waals surface area contributed by atoms with Crippen molar-refractivity contribution in [3.8, 4) is 0 Å². The molecular weight excluding hydrogens is 304 g/mol. The third kappa shape index (κ3) is 3.31. The second kappa shape index (κ2) is 6.84. The lowest BCUT2D eigenvalue weighted by atomic mass is 9.99. The first-order valence-corrected chi connectivity index (χ1v) is 7.96. The van der Waals surface area contributed by atoms with Crippen LogP contribution < -0.4 is 10.2 Å². The molecule has 124 valence electrons. The minimum Gasteiger partial charge on any atom is -0.480 e. The molecule has 1 atom stereocenters. The van der Waals surface area contributed by atoms with Gasteiger partial charge in [0.2, 0.25) is 5.91 Å². The number of carboxylic acid groups (broad SMARTS) is 1. The van der Waals surface area contributed by atoms with Gasteiger partial charge in [0.25, 0.3) is 0 Å². The lowest BCUT2D eigenvalue weighted by Crippen LogP contribution is -2.31. The van der Waals surface area contributed by atoms with Gasteiger partial charge in [0.15, 0.2) is 0 Å². The van der Waals surface area contributed by atoms with E-state index >= 15 is 0 Å². The highest BCUT2D eigenvalue weighted by Crippen LogP contribution is 2.27. The lowest BCUT2D eigenvalue weighted by molar-refractivity contribution is -0.139. The molecule has 3 rings (SSSR count). The second-order valence-corrected chi connectivity index (χ2v) is 5.98. The maximum Gasteiger partial charge on any atom is 0.325 e. The van der Waals surface area contributed by atoms with Crippen molar-refractivity contribution < 1.29 is 14.7 Å². The summed E-state index contributed by atoms with van der Waals surface area (Å²) in [5, 5.41) is 12.6. The molecule has 5 heteroatoms. The van der Waals surface area contributed by atoms with Crippen molar-refractivity contribution in [1.82, 2.24) is 5.32 Å². The Bertz CT molecular complexity index is 758. The molecule has 0 spiro atoms. The maximum absolute atomic E-state index is 11.7. The summed E-state index contributed by atoms with van der Waals surface area (Å²) >= 11 is 0. The quantitative estimate of drug-likeness (QED) is 0.887. The summed E-state index contributed by atoms with van der Waals surface area (Å²) in [5.41, 5.74) is 3.81. The van der Waals surface area contributed by atoms with E-state index in [1.807, 2.05) is 30.3 Å². The number of nitrogens with zero attached hydrogens (tertiary/aromatic N) is 1. The van der Waals surface area contributed by atoms with Crippen molar-refractivity contribution in [3.63, 3.8) is 0 Å². The molecule has 2 aromatic rings. The minimum absolute atomic E-state index is 0.128. The van der Waals surface area contributed by atoms with Crippen molar-refractivity contribution >= 4 is 17.6 Å². The molecule has 1 amide bonds. The first-order valence-electron chi connectivity index (χ1n) is 7.96. The molecule has 0 aliphatic carbocycles. The van der Waals surface area contributed by atoms with Gasteiger partial charge < -0.3 is 10.0 Å². The summed E-state index contributed by atoms with van der Waals surface area (Å²) in [5.74, 6) is -0.770. The van der Waals surface area contributed by atoms with E-state index < -0.39 is 12.0 Å². The second-order valence-electron chi connectivity index (χ2n) is 5.98. The predicted molar refractivity (Wildman–Crippen MR) is 91.8 cm³/mol. The molecule has 1 heterocycles. The Morgan fingerprint density at radius 2 is 1.96 bits per heavy atom. The third-order valence-electron chi connectivity index (χ3n) is 4.38. The van der Waals surface area contributed by atoms with Gasteiger partial charge >= 0.3 is 5.97 Å². The van der Waals surface area contributed by atoms with Crippen LogP contribution in [0.5, 0.6) is 0 Å². The number of hydrogen-bond acceptors (Lipinski definition) is 3. The summed E-state index contributed by atoms with van der Waals surface area (Å²) in [6, 6.07) is 14.3. The number of amides is 1. The molecule has 1 aliphatic rings. The van der Waals surface area contributed by atoms with Gasteiger partial charge in [-0.05, 0) is 29.2 Å². The van der Waals surface area contributed by atoms with Crippen LogP contribution in [0.4, 0.5) is 5.69 Å². The van der Waals surface area contributed by atoms with Crippen molar-refractivity contribution in [3.05, 3.63) is 65.2 Å². The number of aliphatic carboxylic acids is 1. The number of aryl methyl sites for hydroxylation is 1. The van der Waals surface area contributed by atoms with E-state index in [1.54, 1.807) is 24.1 Å². The largest absolute Gasteiger partial charge is 0.480 e. The summed E-state index contributed by atoms with van der Waals surface area (Å²) in [7, 11) is 1.79. The van der Waals surface area contributed by atoms with Crippen LogP contribution in [0.1, 0.15) is 29.2 Å². The Morgan fingerprint density at radius 3 is 2.67 bits per heavy atom. The number of anilines is 1. The molecule has 0 radical (unpaired) electrons. The standard InChI is InChI=1S/C19H20N2O3/c1-21-16-9-7-13(11-15(16)8-10-17(21)22)12-20-18(19(23)24)14-5-3-2-4-6-14/h2-7,9,11,18,20H,8,10,12H2,1H3,(H,23,24)/t18-/m0/s1. The molecule has 1 aliphatic heterocycles. The number of carbonyl (C=O) groups is 2. The van der Waals surface area contributed by atoms with Gasteiger partial charge in [-0.3, -0.25) is 14.9 Å². The first kappa shape index (κ1) is 16.2. The summed E-state index contributed by atoms with van der Waals surface area (Å²) in [4.78, 5) is 24.9. The van der Waals surface area contributed by atoms with Crippen molar-refractivity contribution in [2.75, 3.05) is 11.9 Å². The summed E-state index contributed by atoms with van der Waals surface area (Å²) < 4.78 is 0. The molecule has 2 N–H and O–H groups in total. The van der Waals surface area contributed by atoms with Crippen molar-refractivity contribution in [2.24, 2.45) is 0 Å². The van der Waals surface area contributed by atoms with E-state index in [0.717, 1.165) is 28.8 Å². The summed E-state index contributed by atoms with van der Waals surface area (Å²) in [6.45, 7) is 0.455. The topological polar surface area (TPSA) is 69.6 Å². The fourth-order valence-corrected chi connectivity index (χ4v) is 3.03. The lowest BCUT2D eigenvalue weighted by Gasteiger charge is -2.26. The van der Waals surface area contributed by atoms with E-state index in [2.05, 4.69) is 11.4 Å². The Kier molecular flexibility index (Phi) is 4.62. The fraction of sp³-hybridized carbons (Fsp3) is 0.263. The molecule has 0 fully saturated rings. The van der Waals surface area contributed by atoms with Gasteiger partial charge in [0, 0.05) is 25.7 Å². The SMILES string of the molecule is CN1C(=O)CCc2cc(CN[C@H](C(=O)O)c3ccccc3)ccc21. The van der Waals surface area contributed by atoms with E-state index in [4.69, 9.17) is 0 Å². The fourth-order valence-electron chi connectivity index (χ4n) is 3.03. The molecule has 0 bridgehead atoms. The molecule has 2 aromatic carbocycles. The van der Waals surface area contributed by atoms with Crippen molar-refractivity contribution in [2.45, 2.75) is 25.4 Å². The van der Waals surface area contributed by atoms with E-state index in [9.17, 15) is 14.7 Å². The first-order chi connectivity index (χ1) is 11.6. The number of benzene rings is 2. The van der Waals surface area contributed by atoms with Crippen LogP contribution in [0.2, 0.25) is 0 Å². The number of carbonyl (C=O) groups excluding carboxylic acids is 1. The van der Waals surface area contributed by atoms with Crippen LogP contribution in [0.3, 0.4) is 0 Å². The monoisotopic (exact) mass is 324 g/mol. The Hall–Kier alpha value is -2.66. The van der Waals surface area contributed by atoms with Gasteiger partial charge in [-0.1, -0.05) is 42.5 Å². The van der Waals surface area contributed by atoms with Gasteiger partial charge in [0.05, 0.1) is 0 Å². The number of rotatable bonds is 5. The third-order valence-corrected chi connectivity index (χ3v) is 4.38. The van der Waals surface area contributed by atoms with Crippen LogP contribution in [-0.2, 0) is 22.6 Å². The Balaban J connectivity index is 1.74. The zero-order valence-corrected chi connectivity index (χ0v) is 13.5. The molecule has 24 heavy (non-hydrogen) atoms. The van der Waals surface area contributed by atoms with Crippen molar-refractivity contribution in [1.29, 1.82) is 0 Å². The molecule has 0 saturated heterocycles. The van der Waals surface area contributed by atoms with E-state index in [1.165, 1.54) is 0 Å². The minimum atomic E-state index is -0.899. The van der Waals surface area contributed by atoms with Gasteiger partial charge in [-0.25, -0.2) is 0 Å². The Morgan fingerprint density at radius 1 is 1.21 bits per heavy atom. The smallest absolute Gasteiger partial charge is 0.325 e. The predicted octanol–water partition coefficient (Wildman–Crippen LogP) is 2.51. The molecule has 0 aromatic heterocycles. The number of carboxylic acids is 1. The van der Waals surface area contributed by atoms with Gasteiger partial charge in [-0.2, -0.15) is 0 Å². The van der Waals surface area contributed by atoms with E-state index in [0.29, 0.717) is 13.0 Å². The van der Waals surface area contributed by atoms with Gasteiger partial charge in [0.1, 0.15) is 6.04 Å². The number of nitrogens with one attached hydrogen (secondary N) is 1. The average molecular weight is 324 g/mol. The zero-order chi connectivity index (χ0) is 17.1. The number of hydrogen-bond donors (Lipinski definition) is 2. The molecule has 5 nitrogen and oxygen atoms in total. The van der Waals surface area contributed by atoms with Crippen LogP contribution in [0.15, 0.2) is 48.5 Å². The van der Waals surface area contributed by atoms with Crippen LogP contribution in [-0.4, -0.2) is 24.0 Å². The van der Waals surface area contributed by atoms with Crippen LogP contribution in [0.25, 0.3) is 0 Å². The highest BCUT2D eigenvalue weighted by Gasteiger charge is 2.22. The zero-order valence-electron chi connectivity index (χ0n) is 13.5. The Labute approximate surface area is 140 Å². The van der Waals surface area contributed by atoms with Gasteiger partial charge in [-0.15, -0.1) is 0 Å². The number of fused-ring (bicyclic) bond motifs is 1. The van der Waals surface area contributed by atoms with E-state index in [-0.39, 0.29) is 5.91 Å². The maximum atomic E-state index is 11.7. The molecule has 0 unspecified atom stereocenters. The summed E-state index contributed by atoms with van der Waals surface area (Å²) in [6.07, 6.45) is 1.25. The van der Waals surface area contributed by atoms with Crippen LogP contribution in [0, 0.1) is 0 Å². The molecular formula is C19H20N2O3. The normalized spacial score (nSPS) is 15.0. The van der Waals surface area contributed by atoms with Crippen LogP contribution >= 0.6 is 0 Å². The molecule has 0 saturated carbocycles. The highest BCUT2D eigenvalue weighted by atomic mass is 16.4. The highest BCUT2D eigenvalue weighted by molar-refractivity contribution is 5.95. The average Bonchev–Trinajstić information content (AvgIpc) is 2.59.